The fourth-order valence-corrected chi connectivity index (χ4v) is 5.54. The summed E-state index contributed by atoms with van der Waals surface area (Å²) in [6.07, 6.45) is 0.987. The van der Waals surface area contributed by atoms with E-state index in [4.69, 9.17) is 9.47 Å². The summed E-state index contributed by atoms with van der Waals surface area (Å²) in [5, 5.41) is 0. The summed E-state index contributed by atoms with van der Waals surface area (Å²) in [6.45, 7) is 4.54. The number of ether oxygens (including phenoxy) is 2. The molecule has 0 aliphatic carbocycles. The number of nitrogens with zero attached hydrogens (tertiary/aromatic N) is 1. The standard InChI is InChI=1S/C23H27NO6S/c1-16-11-17(2)14-24(13-16)31(27,28)21-6-4-5-19(12-21)23(26)30-15-22(25)18-7-9-20(29-3)10-8-18/h4-10,12,16-17H,11,13-15H2,1-3H3. The van der Waals surface area contributed by atoms with E-state index in [0.717, 1.165) is 6.42 Å². The topological polar surface area (TPSA) is 90.0 Å². The van der Waals surface area contributed by atoms with Crippen LogP contribution in [0.25, 0.3) is 0 Å². The number of methoxy groups -OCH3 is 1. The van der Waals surface area contributed by atoms with Crippen molar-refractivity contribution in [1.29, 1.82) is 0 Å². The van der Waals surface area contributed by atoms with Crippen molar-refractivity contribution in [3.05, 3.63) is 59.7 Å². The van der Waals surface area contributed by atoms with Gasteiger partial charge in [0.05, 0.1) is 17.6 Å². The maximum Gasteiger partial charge on any atom is 0.338 e. The summed E-state index contributed by atoms with van der Waals surface area (Å²) in [5.41, 5.74) is 0.472. The Morgan fingerprint density at radius 3 is 2.26 bits per heavy atom. The van der Waals surface area contributed by atoms with E-state index in [0.29, 0.717) is 24.4 Å². The summed E-state index contributed by atoms with van der Waals surface area (Å²) in [7, 11) is -2.19. The molecule has 1 saturated heterocycles. The van der Waals surface area contributed by atoms with Gasteiger partial charge < -0.3 is 9.47 Å². The Morgan fingerprint density at radius 1 is 1.00 bits per heavy atom. The van der Waals surface area contributed by atoms with Crippen LogP contribution in [0.2, 0.25) is 0 Å². The molecule has 0 spiro atoms. The zero-order valence-electron chi connectivity index (χ0n) is 17.9. The normalized spacial score (nSPS) is 19.6. The van der Waals surface area contributed by atoms with Gasteiger partial charge in [0.1, 0.15) is 5.75 Å². The molecular formula is C23H27NO6S. The minimum atomic E-state index is -3.72. The van der Waals surface area contributed by atoms with E-state index >= 15 is 0 Å². The Bertz CT molecular complexity index is 1040. The van der Waals surface area contributed by atoms with Gasteiger partial charge in [-0.25, -0.2) is 13.2 Å². The first-order chi connectivity index (χ1) is 14.7. The van der Waals surface area contributed by atoms with Gasteiger partial charge in [0.25, 0.3) is 0 Å². The van der Waals surface area contributed by atoms with Crippen molar-refractivity contribution in [2.45, 2.75) is 25.2 Å². The van der Waals surface area contributed by atoms with Gasteiger partial charge in [-0.15, -0.1) is 0 Å². The van der Waals surface area contributed by atoms with Crippen molar-refractivity contribution < 1.29 is 27.5 Å². The molecule has 2 unspecified atom stereocenters. The lowest BCUT2D eigenvalue weighted by Gasteiger charge is -2.34. The molecule has 3 rings (SSSR count). The van der Waals surface area contributed by atoms with Gasteiger partial charge in [-0.3, -0.25) is 4.79 Å². The van der Waals surface area contributed by atoms with Crippen LogP contribution in [0.1, 0.15) is 41.0 Å². The molecular weight excluding hydrogens is 418 g/mol. The highest BCUT2D eigenvalue weighted by Crippen LogP contribution is 2.27. The van der Waals surface area contributed by atoms with E-state index < -0.39 is 22.6 Å². The van der Waals surface area contributed by atoms with Crippen LogP contribution in [0.15, 0.2) is 53.4 Å². The zero-order chi connectivity index (χ0) is 22.6. The molecule has 31 heavy (non-hydrogen) atoms. The highest BCUT2D eigenvalue weighted by atomic mass is 32.2. The van der Waals surface area contributed by atoms with Gasteiger partial charge in [-0.1, -0.05) is 19.9 Å². The molecule has 1 fully saturated rings. The van der Waals surface area contributed by atoms with Crippen molar-refractivity contribution in [2.75, 3.05) is 26.8 Å². The van der Waals surface area contributed by atoms with Crippen molar-refractivity contribution >= 4 is 21.8 Å². The number of sulfonamides is 1. The van der Waals surface area contributed by atoms with Crippen LogP contribution in [0.3, 0.4) is 0 Å². The molecule has 0 N–H and O–H groups in total. The van der Waals surface area contributed by atoms with Crippen LogP contribution in [-0.4, -0.2) is 51.3 Å². The molecule has 2 aromatic rings. The molecule has 1 aliphatic rings. The van der Waals surface area contributed by atoms with Crippen LogP contribution in [0.5, 0.6) is 5.75 Å². The number of carbonyl (C=O) groups excluding carboxylic acids is 2. The Kier molecular flexibility index (Phi) is 7.12. The van der Waals surface area contributed by atoms with Gasteiger partial charge in [-0.05, 0) is 60.7 Å². The summed E-state index contributed by atoms with van der Waals surface area (Å²) in [4.78, 5) is 24.7. The second-order valence-corrected chi connectivity index (χ2v) is 9.96. The molecule has 8 heteroatoms. The van der Waals surface area contributed by atoms with Gasteiger partial charge in [0.2, 0.25) is 10.0 Å². The predicted molar refractivity (Wildman–Crippen MR) is 116 cm³/mol. The average Bonchev–Trinajstić information content (AvgIpc) is 2.76. The fourth-order valence-electron chi connectivity index (χ4n) is 3.81. The molecule has 166 valence electrons. The summed E-state index contributed by atoms with van der Waals surface area (Å²) >= 11 is 0. The molecule has 1 heterocycles. The Labute approximate surface area is 183 Å². The maximum absolute atomic E-state index is 13.1. The molecule has 0 saturated carbocycles. The maximum atomic E-state index is 13.1. The number of piperidine rings is 1. The molecule has 1 aliphatic heterocycles. The molecule has 0 radical (unpaired) electrons. The van der Waals surface area contributed by atoms with Crippen molar-refractivity contribution in [3.8, 4) is 5.75 Å². The van der Waals surface area contributed by atoms with Crippen LogP contribution in [0.4, 0.5) is 0 Å². The first kappa shape index (κ1) is 23.0. The quantitative estimate of drug-likeness (QED) is 0.479. The Hall–Kier alpha value is -2.71. The predicted octanol–water partition coefficient (Wildman–Crippen LogP) is 3.40. The van der Waals surface area contributed by atoms with Crippen LogP contribution >= 0.6 is 0 Å². The number of esters is 1. The SMILES string of the molecule is COc1ccc(C(=O)COC(=O)c2cccc(S(=O)(=O)N3CC(C)CC(C)C3)c2)cc1. The minimum Gasteiger partial charge on any atom is -0.497 e. The van der Waals surface area contributed by atoms with Crippen molar-refractivity contribution in [1.82, 2.24) is 4.31 Å². The Balaban J connectivity index is 1.68. The molecule has 2 atom stereocenters. The van der Waals surface area contributed by atoms with Crippen LogP contribution < -0.4 is 4.74 Å². The lowest BCUT2D eigenvalue weighted by molar-refractivity contribution is 0.0474. The van der Waals surface area contributed by atoms with Gasteiger partial charge >= 0.3 is 5.97 Å². The Morgan fingerprint density at radius 2 is 1.65 bits per heavy atom. The van der Waals surface area contributed by atoms with E-state index in [1.807, 2.05) is 13.8 Å². The smallest absolute Gasteiger partial charge is 0.338 e. The summed E-state index contributed by atoms with van der Waals surface area (Å²) < 4.78 is 37.8. The number of Topliss-reactive ketones (excluding diaryl/α,β-unsaturated/α-hetero) is 1. The number of rotatable bonds is 7. The molecule has 7 nitrogen and oxygen atoms in total. The number of hydrogen-bond donors (Lipinski definition) is 0. The average molecular weight is 446 g/mol. The highest BCUT2D eigenvalue weighted by molar-refractivity contribution is 7.89. The number of benzene rings is 2. The van der Waals surface area contributed by atoms with E-state index in [1.165, 1.54) is 35.7 Å². The summed E-state index contributed by atoms with van der Waals surface area (Å²) in [6, 6.07) is 12.2. The minimum absolute atomic E-state index is 0.0460. The van der Waals surface area contributed by atoms with Gasteiger partial charge in [0, 0.05) is 18.7 Å². The molecule has 0 amide bonds. The van der Waals surface area contributed by atoms with Crippen molar-refractivity contribution in [2.24, 2.45) is 11.8 Å². The number of hydrogen-bond acceptors (Lipinski definition) is 6. The van der Waals surface area contributed by atoms with Gasteiger partial charge in [0.15, 0.2) is 12.4 Å². The number of ketones is 1. The second kappa shape index (κ2) is 9.62. The second-order valence-electron chi connectivity index (χ2n) is 8.02. The zero-order valence-corrected chi connectivity index (χ0v) is 18.7. The van der Waals surface area contributed by atoms with Gasteiger partial charge in [-0.2, -0.15) is 4.31 Å². The van der Waals surface area contributed by atoms with Crippen LogP contribution in [0, 0.1) is 11.8 Å². The van der Waals surface area contributed by atoms with E-state index in [2.05, 4.69) is 0 Å². The first-order valence-corrected chi connectivity index (χ1v) is 11.6. The lowest BCUT2D eigenvalue weighted by atomic mass is 9.94. The summed E-state index contributed by atoms with van der Waals surface area (Å²) in [5.74, 6) is 0.0469. The van der Waals surface area contributed by atoms with Crippen LogP contribution in [-0.2, 0) is 14.8 Å². The van der Waals surface area contributed by atoms with E-state index in [1.54, 1.807) is 24.3 Å². The lowest BCUT2D eigenvalue weighted by Crippen LogP contribution is -2.42. The molecule has 0 aromatic heterocycles. The third-order valence-electron chi connectivity index (χ3n) is 5.29. The molecule has 0 bridgehead atoms. The largest absolute Gasteiger partial charge is 0.497 e. The monoisotopic (exact) mass is 445 g/mol. The fraction of sp³-hybridized carbons (Fsp3) is 0.391. The highest BCUT2D eigenvalue weighted by Gasteiger charge is 2.32. The first-order valence-electron chi connectivity index (χ1n) is 10.1. The van der Waals surface area contributed by atoms with E-state index in [-0.39, 0.29) is 28.1 Å². The molecule has 2 aromatic carbocycles. The third-order valence-corrected chi connectivity index (χ3v) is 7.12. The third kappa shape index (κ3) is 5.51. The van der Waals surface area contributed by atoms with E-state index in [9.17, 15) is 18.0 Å². The number of carbonyl (C=O) groups is 2. The van der Waals surface area contributed by atoms with Crippen molar-refractivity contribution in [3.63, 3.8) is 0 Å².